The van der Waals surface area contributed by atoms with Crippen molar-refractivity contribution in [2.24, 2.45) is 10.9 Å². The van der Waals surface area contributed by atoms with Crippen LogP contribution in [0.2, 0.25) is 0 Å². The van der Waals surface area contributed by atoms with E-state index < -0.39 is 0 Å². The van der Waals surface area contributed by atoms with Gasteiger partial charge in [0.2, 0.25) is 0 Å². The summed E-state index contributed by atoms with van der Waals surface area (Å²) in [5, 5.41) is 10.3. The molecule has 2 atom stereocenters. The van der Waals surface area contributed by atoms with E-state index >= 15 is 0 Å². The molecule has 2 aromatic carbocycles. The molecule has 1 aliphatic heterocycles. The third-order valence-electron chi connectivity index (χ3n) is 5.05. The zero-order valence-corrected chi connectivity index (χ0v) is 15.5. The Labute approximate surface area is 155 Å². The van der Waals surface area contributed by atoms with Gasteiger partial charge in [-0.15, -0.1) is 0 Å². The lowest BCUT2D eigenvalue weighted by Gasteiger charge is -2.29. The Morgan fingerprint density at radius 3 is 2.62 bits per heavy atom. The van der Waals surface area contributed by atoms with Gasteiger partial charge in [-0.1, -0.05) is 49.8 Å². The van der Waals surface area contributed by atoms with Crippen LogP contribution in [0.25, 0.3) is 0 Å². The minimum absolute atomic E-state index is 0.0923. The lowest BCUT2D eigenvalue weighted by molar-refractivity contribution is 0.430. The molecule has 1 N–H and O–H groups in total. The second kappa shape index (κ2) is 8.31. The molecule has 0 saturated heterocycles. The van der Waals surface area contributed by atoms with Crippen molar-refractivity contribution in [1.82, 2.24) is 0 Å². The minimum Gasteiger partial charge on any atom is -0.508 e. The van der Waals surface area contributed by atoms with Crippen LogP contribution in [0.4, 0.5) is 4.39 Å². The highest BCUT2D eigenvalue weighted by Crippen LogP contribution is 2.39. The first-order valence-electron chi connectivity index (χ1n) is 9.36. The van der Waals surface area contributed by atoms with Crippen LogP contribution in [-0.4, -0.2) is 10.8 Å². The Kier molecular flexibility index (Phi) is 5.87. The van der Waals surface area contributed by atoms with E-state index in [1.165, 1.54) is 11.6 Å². The number of aromatic hydroxyl groups is 1. The maximum atomic E-state index is 13.5. The van der Waals surface area contributed by atoms with Crippen molar-refractivity contribution in [3.05, 3.63) is 77.1 Å². The largest absolute Gasteiger partial charge is 0.508 e. The van der Waals surface area contributed by atoms with Crippen LogP contribution in [0.5, 0.6) is 5.75 Å². The molecule has 136 valence electrons. The number of halogens is 1. The molecule has 0 fully saturated rings. The van der Waals surface area contributed by atoms with Crippen LogP contribution in [0.15, 0.2) is 65.2 Å². The second-order valence-corrected chi connectivity index (χ2v) is 6.99. The number of allylic oxidation sites excluding steroid dienone is 1. The van der Waals surface area contributed by atoms with Crippen molar-refractivity contribution < 1.29 is 9.50 Å². The Balaban J connectivity index is 1.87. The fourth-order valence-electron chi connectivity index (χ4n) is 3.70. The Morgan fingerprint density at radius 2 is 1.88 bits per heavy atom. The molecule has 0 amide bonds. The molecule has 26 heavy (non-hydrogen) atoms. The van der Waals surface area contributed by atoms with Crippen LogP contribution in [0, 0.1) is 11.7 Å². The molecule has 3 rings (SSSR count). The van der Waals surface area contributed by atoms with Crippen LogP contribution in [0.1, 0.15) is 50.3 Å². The van der Waals surface area contributed by atoms with Crippen molar-refractivity contribution in [3.8, 4) is 5.75 Å². The van der Waals surface area contributed by atoms with Gasteiger partial charge in [0.25, 0.3) is 0 Å². The highest BCUT2D eigenvalue weighted by molar-refractivity contribution is 5.99. The van der Waals surface area contributed by atoms with Crippen LogP contribution in [-0.2, 0) is 6.42 Å². The topological polar surface area (TPSA) is 32.6 Å². The number of nitrogens with zero attached hydrogens (tertiary/aromatic N) is 1. The number of phenolic OH excluding ortho intramolecular Hbond substituents is 1. The third-order valence-corrected chi connectivity index (χ3v) is 5.05. The van der Waals surface area contributed by atoms with Crippen LogP contribution in [0.3, 0.4) is 0 Å². The van der Waals surface area contributed by atoms with E-state index in [2.05, 4.69) is 19.9 Å². The van der Waals surface area contributed by atoms with E-state index in [-0.39, 0.29) is 23.5 Å². The van der Waals surface area contributed by atoms with Gasteiger partial charge in [0.15, 0.2) is 0 Å². The van der Waals surface area contributed by atoms with Crippen molar-refractivity contribution in [3.63, 3.8) is 0 Å². The summed E-state index contributed by atoms with van der Waals surface area (Å²) in [7, 11) is 0. The molecule has 0 aromatic heterocycles. The Hall–Kier alpha value is -2.42. The molecular formula is C23H26FNO. The monoisotopic (exact) mass is 351 g/mol. The van der Waals surface area contributed by atoms with E-state index in [0.29, 0.717) is 0 Å². The summed E-state index contributed by atoms with van der Waals surface area (Å²) >= 11 is 0. The fraction of sp³-hybridized carbons (Fsp3) is 0.348. The zero-order chi connectivity index (χ0) is 18.5. The molecule has 0 radical (unpaired) electrons. The smallest absolute Gasteiger partial charge is 0.123 e. The molecule has 0 saturated carbocycles. The Morgan fingerprint density at radius 1 is 1.08 bits per heavy atom. The first kappa shape index (κ1) is 18.4. The SMILES string of the molecule is CCCC1=CC(CCc2cccc(F)c2)C(c2ccccc2O)N=C1C. The number of rotatable bonds is 6. The van der Waals surface area contributed by atoms with Gasteiger partial charge in [-0.2, -0.15) is 0 Å². The third kappa shape index (κ3) is 4.21. The summed E-state index contributed by atoms with van der Waals surface area (Å²) in [4.78, 5) is 4.94. The maximum absolute atomic E-state index is 13.5. The maximum Gasteiger partial charge on any atom is 0.123 e. The van der Waals surface area contributed by atoms with Crippen molar-refractivity contribution in [2.45, 2.75) is 45.6 Å². The summed E-state index contributed by atoms with van der Waals surface area (Å²) in [5.41, 5.74) is 4.21. The lowest BCUT2D eigenvalue weighted by atomic mass is 9.83. The summed E-state index contributed by atoms with van der Waals surface area (Å²) in [5.74, 6) is 0.286. The van der Waals surface area contributed by atoms with Gasteiger partial charge in [-0.3, -0.25) is 4.99 Å². The summed E-state index contributed by atoms with van der Waals surface area (Å²) in [6, 6.07) is 14.1. The van der Waals surface area contributed by atoms with Gasteiger partial charge in [0, 0.05) is 17.2 Å². The first-order chi connectivity index (χ1) is 12.6. The fourth-order valence-corrected chi connectivity index (χ4v) is 3.70. The van der Waals surface area contributed by atoms with E-state index in [0.717, 1.165) is 42.5 Å². The number of aryl methyl sites for hydroxylation is 1. The molecule has 2 aromatic rings. The van der Waals surface area contributed by atoms with Crippen LogP contribution >= 0.6 is 0 Å². The normalized spacial score (nSPS) is 19.8. The lowest BCUT2D eigenvalue weighted by Crippen LogP contribution is -2.19. The standard InChI is InChI=1S/C23H26FNO/c1-3-7-18-15-19(13-12-17-8-6-9-20(24)14-17)23(25-16(18)2)21-10-4-5-11-22(21)26/h4-6,8-11,14-15,19,23,26H,3,7,12-13H2,1-2H3. The van der Waals surface area contributed by atoms with Gasteiger partial charge < -0.3 is 5.11 Å². The van der Waals surface area contributed by atoms with Gasteiger partial charge in [-0.25, -0.2) is 4.39 Å². The average Bonchev–Trinajstić information content (AvgIpc) is 2.63. The predicted molar refractivity (Wildman–Crippen MR) is 105 cm³/mol. The molecular weight excluding hydrogens is 325 g/mol. The number of dihydropyridines is 1. The molecule has 1 aliphatic rings. The van der Waals surface area contributed by atoms with Crippen molar-refractivity contribution in [1.29, 1.82) is 0 Å². The molecule has 0 spiro atoms. The number of aliphatic imine (C=N–C) groups is 1. The minimum atomic E-state index is -0.195. The number of hydrogen-bond donors (Lipinski definition) is 1. The first-order valence-corrected chi connectivity index (χ1v) is 9.36. The molecule has 1 heterocycles. The number of benzene rings is 2. The number of hydrogen-bond acceptors (Lipinski definition) is 2. The summed E-state index contributed by atoms with van der Waals surface area (Å²) in [6.45, 7) is 4.22. The second-order valence-electron chi connectivity index (χ2n) is 6.99. The van der Waals surface area contributed by atoms with Gasteiger partial charge in [-0.05, 0) is 55.5 Å². The van der Waals surface area contributed by atoms with Crippen LogP contribution < -0.4 is 0 Å². The van der Waals surface area contributed by atoms with Crippen molar-refractivity contribution >= 4 is 5.71 Å². The highest BCUT2D eigenvalue weighted by Gasteiger charge is 2.27. The van der Waals surface area contributed by atoms with Gasteiger partial charge in [0.05, 0.1) is 6.04 Å². The molecule has 0 aliphatic carbocycles. The van der Waals surface area contributed by atoms with E-state index in [4.69, 9.17) is 4.99 Å². The van der Waals surface area contributed by atoms with Gasteiger partial charge >= 0.3 is 0 Å². The van der Waals surface area contributed by atoms with Crippen molar-refractivity contribution in [2.75, 3.05) is 0 Å². The van der Waals surface area contributed by atoms with E-state index in [9.17, 15) is 9.50 Å². The molecule has 3 heteroatoms. The quantitative estimate of drug-likeness (QED) is 0.678. The highest BCUT2D eigenvalue weighted by atomic mass is 19.1. The summed E-state index contributed by atoms with van der Waals surface area (Å²) in [6.07, 6.45) is 6.07. The van der Waals surface area contributed by atoms with Gasteiger partial charge in [0.1, 0.15) is 11.6 Å². The molecule has 2 nitrogen and oxygen atoms in total. The van der Waals surface area contributed by atoms with E-state index in [1.807, 2.05) is 24.3 Å². The van der Waals surface area contributed by atoms with E-state index in [1.54, 1.807) is 18.2 Å². The predicted octanol–water partition coefficient (Wildman–Crippen LogP) is 6.02. The Bertz CT molecular complexity index is 824. The molecule has 0 bridgehead atoms. The zero-order valence-electron chi connectivity index (χ0n) is 15.5. The summed E-state index contributed by atoms with van der Waals surface area (Å²) < 4.78 is 13.5. The number of phenols is 1. The molecule has 2 unspecified atom stereocenters. The number of para-hydroxylation sites is 1. The average molecular weight is 351 g/mol.